The van der Waals surface area contributed by atoms with Gasteiger partial charge in [0.2, 0.25) is 5.13 Å². The maximum absolute atomic E-state index is 13.8. The van der Waals surface area contributed by atoms with Crippen LogP contribution in [0.2, 0.25) is 0 Å². The number of hydrazone groups is 1. The Morgan fingerprint density at radius 3 is 2.59 bits per heavy atom. The van der Waals surface area contributed by atoms with Gasteiger partial charge in [0, 0.05) is 17.7 Å². The molecule has 8 heteroatoms. The van der Waals surface area contributed by atoms with Crippen molar-refractivity contribution in [1.29, 1.82) is 0 Å². The van der Waals surface area contributed by atoms with E-state index in [9.17, 15) is 14.9 Å². The van der Waals surface area contributed by atoms with E-state index >= 15 is 0 Å². The quantitative estimate of drug-likeness (QED) is 0.172. The molecule has 5 aromatic rings. The van der Waals surface area contributed by atoms with Crippen LogP contribution in [-0.4, -0.2) is 22.0 Å². The van der Waals surface area contributed by atoms with E-state index in [1.54, 1.807) is 18.2 Å². The third kappa shape index (κ3) is 4.14. The van der Waals surface area contributed by atoms with Crippen molar-refractivity contribution in [3.8, 4) is 0 Å². The van der Waals surface area contributed by atoms with Crippen molar-refractivity contribution >= 4 is 55.3 Å². The number of hydrogen-bond donors (Lipinski definition) is 0. The molecule has 0 unspecified atom stereocenters. The Balaban J connectivity index is 1.59. The predicted octanol–water partition coefficient (Wildman–Crippen LogP) is 6.35. The molecule has 34 heavy (non-hydrogen) atoms. The average molecular weight is 467 g/mol. The molecule has 0 atom stereocenters. The Labute approximate surface area is 198 Å². The second-order valence-corrected chi connectivity index (χ2v) is 8.71. The van der Waals surface area contributed by atoms with Gasteiger partial charge in [0.15, 0.2) is 0 Å². The molecule has 5 rings (SSSR count). The summed E-state index contributed by atoms with van der Waals surface area (Å²) in [4.78, 5) is 28.9. The number of non-ortho nitro benzene ring substituents is 1. The number of rotatable bonds is 5. The van der Waals surface area contributed by atoms with Crippen LogP contribution in [-0.2, 0) is 0 Å². The summed E-state index contributed by atoms with van der Waals surface area (Å²) < 4.78 is 0.955. The van der Waals surface area contributed by atoms with Gasteiger partial charge in [-0.15, -0.1) is 0 Å². The van der Waals surface area contributed by atoms with Crippen LogP contribution in [0.25, 0.3) is 21.0 Å². The maximum atomic E-state index is 13.8. The molecule has 1 heterocycles. The number of nitro benzene ring substituents is 1. The van der Waals surface area contributed by atoms with Crippen LogP contribution in [0.3, 0.4) is 0 Å². The summed E-state index contributed by atoms with van der Waals surface area (Å²) in [5.74, 6) is -0.314. The standard InChI is InChI=1S/C26H18N4O3S/c1-17-9-14-23-24(15-17)34-26(28-23)29(27-16-18-10-12-20(13-11-18)30(32)33)25(31)22-8-4-6-19-5-2-3-7-21(19)22/h2-16H,1H3/b27-16+. The van der Waals surface area contributed by atoms with Crippen LogP contribution in [0.1, 0.15) is 21.5 Å². The van der Waals surface area contributed by atoms with E-state index < -0.39 is 4.92 Å². The molecule has 0 bridgehead atoms. The van der Waals surface area contributed by atoms with E-state index in [0.717, 1.165) is 26.6 Å². The Morgan fingerprint density at radius 1 is 1.03 bits per heavy atom. The van der Waals surface area contributed by atoms with Crippen molar-refractivity contribution in [3.05, 3.63) is 112 Å². The molecule has 0 aliphatic carbocycles. The van der Waals surface area contributed by atoms with Gasteiger partial charge in [-0.3, -0.25) is 14.9 Å². The number of carbonyl (C=O) groups excluding carboxylic acids is 1. The summed E-state index contributed by atoms with van der Waals surface area (Å²) in [5, 5.41) is 18.9. The highest BCUT2D eigenvalue weighted by atomic mass is 32.1. The van der Waals surface area contributed by atoms with Crippen LogP contribution < -0.4 is 5.01 Å². The molecule has 0 N–H and O–H groups in total. The van der Waals surface area contributed by atoms with Crippen molar-refractivity contribution in [1.82, 2.24) is 4.98 Å². The van der Waals surface area contributed by atoms with Crippen LogP contribution in [0.15, 0.2) is 90.0 Å². The molecule has 0 saturated heterocycles. The number of fused-ring (bicyclic) bond motifs is 2. The van der Waals surface area contributed by atoms with Gasteiger partial charge >= 0.3 is 0 Å². The molecule has 0 fully saturated rings. The predicted molar refractivity (Wildman–Crippen MR) is 136 cm³/mol. The number of aryl methyl sites for hydroxylation is 1. The number of aromatic nitrogens is 1. The fraction of sp³-hybridized carbons (Fsp3) is 0.0385. The maximum Gasteiger partial charge on any atom is 0.281 e. The number of thiazole rings is 1. The third-order valence-electron chi connectivity index (χ3n) is 5.35. The third-order valence-corrected chi connectivity index (χ3v) is 6.35. The van der Waals surface area contributed by atoms with Crippen molar-refractivity contribution in [3.63, 3.8) is 0 Å². The lowest BCUT2D eigenvalue weighted by Gasteiger charge is -2.15. The normalized spacial score (nSPS) is 11.3. The first-order valence-corrected chi connectivity index (χ1v) is 11.3. The summed E-state index contributed by atoms with van der Waals surface area (Å²) >= 11 is 1.38. The summed E-state index contributed by atoms with van der Waals surface area (Å²) in [6, 6.07) is 25.2. The van der Waals surface area contributed by atoms with Gasteiger partial charge in [0.25, 0.3) is 11.6 Å². The zero-order chi connectivity index (χ0) is 23.7. The molecule has 0 radical (unpaired) electrons. The smallest absolute Gasteiger partial charge is 0.267 e. The topological polar surface area (TPSA) is 88.7 Å². The van der Waals surface area contributed by atoms with Gasteiger partial charge in [0.05, 0.1) is 21.4 Å². The van der Waals surface area contributed by atoms with Crippen LogP contribution in [0.5, 0.6) is 0 Å². The minimum absolute atomic E-state index is 0.0117. The van der Waals surface area contributed by atoms with Crippen molar-refractivity contribution < 1.29 is 9.72 Å². The first-order chi connectivity index (χ1) is 16.5. The SMILES string of the molecule is Cc1ccc2nc(N(/N=C/c3ccc([N+](=O)[O-])cc3)C(=O)c3cccc4ccccc34)sc2c1. The minimum atomic E-state index is -0.458. The Kier molecular flexibility index (Phi) is 5.57. The minimum Gasteiger partial charge on any atom is -0.267 e. The summed E-state index contributed by atoms with van der Waals surface area (Å²) in [7, 11) is 0. The Bertz CT molecular complexity index is 1570. The lowest BCUT2D eigenvalue weighted by atomic mass is 10.0. The van der Waals surface area contributed by atoms with Crippen LogP contribution in [0, 0.1) is 17.0 Å². The zero-order valence-electron chi connectivity index (χ0n) is 18.1. The number of benzene rings is 4. The van der Waals surface area contributed by atoms with E-state index in [2.05, 4.69) is 10.1 Å². The molecular formula is C26H18N4O3S. The van der Waals surface area contributed by atoms with E-state index in [0.29, 0.717) is 16.3 Å². The number of anilines is 1. The van der Waals surface area contributed by atoms with Crippen LogP contribution in [0.4, 0.5) is 10.8 Å². The second kappa shape index (κ2) is 8.84. The molecule has 1 amide bonds. The van der Waals surface area contributed by atoms with Crippen molar-refractivity contribution in [2.45, 2.75) is 6.92 Å². The van der Waals surface area contributed by atoms with Gasteiger partial charge in [-0.05, 0) is 59.2 Å². The van der Waals surface area contributed by atoms with Gasteiger partial charge < -0.3 is 0 Å². The lowest BCUT2D eigenvalue weighted by Crippen LogP contribution is -2.25. The zero-order valence-corrected chi connectivity index (χ0v) is 18.9. The number of nitrogens with zero attached hydrogens (tertiary/aromatic N) is 4. The van der Waals surface area contributed by atoms with Crippen molar-refractivity contribution in [2.75, 3.05) is 5.01 Å². The second-order valence-electron chi connectivity index (χ2n) is 7.70. The molecule has 1 aromatic heterocycles. The molecule has 0 spiro atoms. The number of hydrogen-bond acceptors (Lipinski definition) is 6. The number of nitro groups is 1. The number of amides is 1. The Hall–Kier alpha value is -4.43. The van der Waals surface area contributed by atoms with E-state index in [1.165, 1.54) is 34.7 Å². The van der Waals surface area contributed by atoms with Gasteiger partial charge in [-0.1, -0.05) is 53.8 Å². The van der Waals surface area contributed by atoms with Crippen molar-refractivity contribution in [2.24, 2.45) is 5.10 Å². The molecule has 166 valence electrons. The first-order valence-electron chi connectivity index (χ1n) is 10.5. The average Bonchev–Trinajstić information content (AvgIpc) is 3.26. The van der Waals surface area contributed by atoms with E-state index in [1.807, 2.05) is 61.5 Å². The first kappa shape index (κ1) is 21.4. The Morgan fingerprint density at radius 2 is 1.79 bits per heavy atom. The molecular weight excluding hydrogens is 448 g/mol. The van der Waals surface area contributed by atoms with E-state index in [4.69, 9.17) is 0 Å². The monoisotopic (exact) mass is 466 g/mol. The fourth-order valence-corrected chi connectivity index (χ4v) is 4.65. The molecule has 7 nitrogen and oxygen atoms in total. The lowest BCUT2D eigenvalue weighted by molar-refractivity contribution is -0.384. The molecule has 0 aliphatic rings. The highest BCUT2D eigenvalue weighted by Crippen LogP contribution is 2.31. The summed E-state index contributed by atoms with van der Waals surface area (Å²) in [6.07, 6.45) is 1.50. The largest absolute Gasteiger partial charge is 0.281 e. The fourth-order valence-electron chi connectivity index (χ4n) is 3.63. The molecule has 4 aromatic carbocycles. The molecule has 0 aliphatic heterocycles. The van der Waals surface area contributed by atoms with Gasteiger partial charge in [-0.2, -0.15) is 10.1 Å². The van der Waals surface area contributed by atoms with Gasteiger partial charge in [0.1, 0.15) is 0 Å². The van der Waals surface area contributed by atoms with Gasteiger partial charge in [-0.25, -0.2) is 4.98 Å². The molecule has 0 saturated carbocycles. The highest BCUT2D eigenvalue weighted by Gasteiger charge is 2.22. The highest BCUT2D eigenvalue weighted by molar-refractivity contribution is 7.22. The summed E-state index contributed by atoms with van der Waals surface area (Å²) in [6.45, 7) is 2.00. The van der Waals surface area contributed by atoms with E-state index in [-0.39, 0.29) is 11.6 Å². The number of carbonyl (C=O) groups is 1. The van der Waals surface area contributed by atoms with Crippen LogP contribution >= 0.6 is 11.3 Å². The summed E-state index contributed by atoms with van der Waals surface area (Å²) in [5.41, 5.74) is 3.01.